The fraction of sp³-hybridized carbons (Fsp3) is 0.467. The predicted octanol–water partition coefficient (Wildman–Crippen LogP) is 2.21. The zero-order valence-corrected chi connectivity index (χ0v) is 12.6. The van der Waals surface area contributed by atoms with Crippen molar-refractivity contribution in [3.05, 3.63) is 29.8 Å². The molecule has 0 aliphatic heterocycles. The number of amides is 1. The largest absolute Gasteiger partial charge is 0.409 e. The minimum absolute atomic E-state index is 0.0732. The summed E-state index contributed by atoms with van der Waals surface area (Å²) < 4.78 is 0. The Morgan fingerprint density at radius 3 is 2.86 bits per heavy atom. The molecular formula is C15H24N4O2. The molecule has 0 spiro atoms. The molecule has 5 N–H and O–H groups in total. The van der Waals surface area contributed by atoms with Crippen molar-refractivity contribution < 1.29 is 10.0 Å². The normalized spacial score (nSPS) is 13.0. The molecule has 1 unspecified atom stereocenters. The number of hydrogen-bond donors (Lipinski definition) is 4. The first-order valence-corrected chi connectivity index (χ1v) is 7.10. The van der Waals surface area contributed by atoms with Crippen LogP contribution in [0.1, 0.15) is 44.7 Å². The summed E-state index contributed by atoms with van der Waals surface area (Å²) in [4.78, 5) is 11.1. The van der Waals surface area contributed by atoms with E-state index in [1.807, 2.05) is 24.3 Å². The summed E-state index contributed by atoms with van der Waals surface area (Å²) in [5.41, 5.74) is 7.34. The van der Waals surface area contributed by atoms with Crippen LogP contribution in [0, 0.1) is 0 Å². The molecule has 0 fully saturated rings. The second-order valence-corrected chi connectivity index (χ2v) is 5.03. The van der Waals surface area contributed by atoms with Crippen molar-refractivity contribution in [2.24, 2.45) is 10.9 Å². The lowest BCUT2D eigenvalue weighted by atomic mass is 10.1. The number of nitrogens with two attached hydrogens (primary N) is 1. The van der Waals surface area contributed by atoms with Gasteiger partial charge in [-0.15, -0.1) is 0 Å². The lowest BCUT2D eigenvalue weighted by Crippen LogP contribution is -2.20. The van der Waals surface area contributed by atoms with E-state index in [1.54, 1.807) is 0 Å². The van der Waals surface area contributed by atoms with Gasteiger partial charge in [0.15, 0.2) is 0 Å². The third-order valence-corrected chi connectivity index (χ3v) is 3.15. The van der Waals surface area contributed by atoms with Crippen LogP contribution in [0.15, 0.2) is 29.4 Å². The van der Waals surface area contributed by atoms with E-state index in [0.29, 0.717) is 6.42 Å². The van der Waals surface area contributed by atoms with Gasteiger partial charge in [0.25, 0.3) is 0 Å². The van der Waals surface area contributed by atoms with Crippen molar-refractivity contribution in [2.45, 2.75) is 39.2 Å². The van der Waals surface area contributed by atoms with E-state index in [0.717, 1.165) is 30.6 Å². The summed E-state index contributed by atoms with van der Waals surface area (Å²) in [6.07, 6.45) is 2.43. The molecule has 0 aromatic heterocycles. The van der Waals surface area contributed by atoms with Crippen molar-refractivity contribution >= 4 is 17.4 Å². The number of amidine groups is 1. The molecule has 0 bridgehead atoms. The van der Waals surface area contributed by atoms with Crippen LogP contribution in [0.3, 0.4) is 0 Å². The topological polar surface area (TPSA) is 99.7 Å². The molecule has 0 saturated heterocycles. The van der Waals surface area contributed by atoms with Crippen LogP contribution in [-0.4, -0.2) is 23.5 Å². The van der Waals surface area contributed by atoms with Gasteiger partial charge in [-0.05, 0) is 44.0 Å². The Morgan fingerprint density at radius 2 is 2.19 bits per heavy atom. The lowest BCUT2D eigenvalue weighted by Gasteiger charge is -2.15. The molecule has 1 atom stereocenters. The third kappa shape index (κ3) is 6.76. The average molecular weight is 292 g/mol. The zero-order valence-electron chi connectivity index (χ0n) is 12.6. The fourth-order valence-corrected chi connectivity index (χ4v) is 2.01. The Bertz CT molecular complexity index is 488. The van der Waals surface area contributed by atoms with Crippen LogP contribution < -0.4 is 16.4 Å². The summed E-state index contributed by atoms with van der Waals surface area (Å²) in [6, 6.07) is 7.99. The number of anilines is 1. The van der Waals surface area contributed by atoms with Gasteiger partial charge >= 0.3 is 0 Å². The third-order valence-electron chi connectivity index (χ3n) is 3.15. The van der Waals surface area contributed by atoms with Crippen LogP contribution in [0.4, 0.5) is 5.69 Å². The summed E-state index contributed by atoms with van der Waals surface area (Å²) >= 11 is 0. The van der Waals surface area contributed by atoms with Gasteiger partial charge in [0.05, 0.1) is 0 Å². The molecule has 1 amide bonds. The molecule has 0 aliphatic carbocycles. The van der Waals surface area contributed by atoms with Crippen molar-refractivity contribution in [3.8, 4) is 0 Å². The van der Waals surface area contributed by atoms with Crippen molar-refractivity contribution in [3.63, 3.8) is 0 Å². The van der Waals surface area contributed by atoms with Crippen LogP contribution in [0.2, 0.25) is 0 Å². The maximum Gasteiger partial charge on any atom is 0.221 e. The molecule has 6 heteroatoms. The minimum Gasteiger partial charge on any atom is -0.409 e. The number of nitrogens with one attached hydrogen (secondary N) is 2. The van der Waals surface area contributed by atoms with E-state index < -0.39 is 0 Å². The summed E-state index contributed by atoms with van der Waals surface area (Å²) in [7, 11) is 0. The number of oxime groups is 1. The van der Waals surface area contributed by atoms with Crippen molar-refractivity contribution in [2.75, 3.05) is 11.9 Å². The predicted molar refractivity (Wildman–Crippen MR) is 84.4 cm³/mol. The van der Waals surface area contributed by atoms with Gasteiger partial charge in [-0.3, -0.25) is 4.79 Å². The molecule has 1 rings (SSSR count). The van der Waals surface area contributed by atoms with E-state index in [1.165, 1.54) is 6.92 Å². The second kappa shape index (κ2) is 8.97. The molecule has 6 nitrogen and oxygen atoms in total. The Hall–Kier alpha value is -2.08. The maximum absolute atomic E-state index is 11.1. The molecule has 0 saturated carbocycles. The number of carbonyl (C=O) groups is 1. The number of nitrogens with zero attached hydrogens (tertiary/aromatic N) is 1. The average Bonchev–Trinajstić information content (AvgIpc) is 2.46. The van der Waals surface area contributed by atoms with Crippen LogP contribution >= 0.6 is 0 Å². The molecule has 1 aromatic rings. The van der Waals surface area contributed by atoms with E-state index in [9.17, 15) is 4.79 Å². The van der Waals surface area contributed by atoms with E-state index >= 15 is 0 Å². The van der Waals surface area contributed by atoms with Crippen LogP contribution in [0.25, 0.3) is 0 Å². The van der Waals surface area contributed by atoms with Crippen molar-refractivity contribution in [1.82, 2.24) is 5.32 Å². The standard InChI is InChI=1S/C15H24N4O2/c1-11(17-9-4-3-8-15(16)19-21)13-6-5-7-14(10-13)18-12(2)20/h5-7,10-11,17,21H,3-4,8-9H2,1-2H3,(H2,16,19)(H,18,20). The first-order valence-electron chi connectivity index (χ1n) is 7.10. The van der Waals surface area contributed by atoms with Gasteiger partial charge in [-0.25, -0.2) is 0 Å². The summed E-state index contributed by atoms with van der Waals surface area (Å²) in [6.45, 7) is 4.43. The van der Waals surface area contributed by atoms with E-state index in [4.69, 9.17) is 10.9 Å². The van der Waals surface area contributed by atoms with E-state index in [-0.39, 0.29) is 17.8 Å². The van der Waals surface area contributed by atoms with Gasteiger partial charge in [0.2, 0.25) is 5.91 Å². The lowest BCUT2D eigenvalue weighted by molar-refractivity contribution is -0.114. The fourth-order valence-electron chi connectivity index (χ4n) is 2.01. The number of unbranched alkanes of at least 4 members (excludes halogenated alkanes) is 1. The molecule has 116 valence electrons. The maximum atomic E-state index is 11.1. The highest BCUT2D eigenvalue weighted by molar-refractivity contribution is 5.88. The number of hydrogen-bond acceptors (Lipinski definition) is 4. The Labute approximate surface area is 125 Å². The zero-order chi connectivity index (χ0) is 15.7. The Morgan fingerprint density at radius 1 is 1.43 bits per heavy atom. The summed E-state index contributed by atoms with van der Waals surface area (Å²) in [5, 5.41) is 17.6. The molecule has 0 radical (unpaired) electrons. The minimum atomic E-state index is -0.0732. The van der Waals surface area contributed by atoms with Gasteiger partial charge < -0.3 is 21.6 Å². The van der Waals surface area contributed by atoms with E-state index in [2.05, 4.69) is 22.7 Å². The van der Waals surface area contributed by atoms with Gasteiger partial charge in [-0.2, -0.15) is 0 Å². The summed E-state index contributed by atoms with van der Waals surface area (Å²) in [5.74, 6) is 0.196. The first kappa shape index (κ1) is 17.0. The highest BCUT2D eigenvalue weighted by atomic mass is 16.4. The van der Waals surface area contributed by atoms with Gasteiger partial charge in [-0.1, -0.05) is 17.3 Å². The quantitative estimate of drug-likeness (QED) is 0.194. The Kier molecular flexibility index (Phi) is 7.25. The molecule has 0 heterocycles. The monoisotopic (exact) mass is 292 g/mol. The highest BCUT2D eigenvalue weighted by Crippen LogP contribution is 2.17. The first-order chi connectivity index (χ1) is 10.0. The molecule has 21 heavy (non-hydrogen) atoms. The van der Waals surface area contributed by atoms with Gasteiger partial charge in [0.1, 0.15) is 5.84 Å². The highest BCUT2D eigenvalue weighted by Gasteiger charge is 2.06. The second-order valence-electron chi connectivity index (χ2n) is 5.03. The number of carbonyl (C=O) groups excluding carboxylic acids is 1. The number of rotatable bonds is 8. The molecule has 1 aromatic carbocycles. The van der Waals surface area contributed by atoms with Crippen LogP contribution in [0.5, 0.6) is 0 Å². The number of benzene rings is 1. The Balaban J connectivity index is 2.38. The smallest absolute Gasteiger partial charge is 0.221 e. The van der Waals surface area contributed by atoms with Gasteiger partial charge in [0, 0.05) is 25.1 Å². The molecule has 0 aliphatic rings. The van der Waals surface area contributed by atoms with Crippen molar-refractivity contribution in [1.29, 1.82) is 0 Å². The SMILES string of the molecule is CC(=O)Nc1cccc(C(C)NCCCCC(N)=NO)c1. The van der Waals surface area contributed by atoms with Crippen LogP contribution in [-0.2, 0) is 4.79 Å². The molecular weight excluding hydrogens is 268 g/mol.